The van der Waals surface area contributed by atoms with Crippen LogP contribution in [0.4, 0.5) is 0 Å². The van der Waals surface area contributed by atoms with Gasteiger partial charge in [-0.2, -0.15) is 0 Å². The summed E-state index contributed by atoms with van der Waals surface area (Å²) >= 11 is 0. The van der Waals surface area contributed by atoms with Crippen molar-refractivity contribution in [2.75, 3.05) is 13.1 Å². The van der Waals surface area contributed by atoms with Crippen LogP contribution in [0, 0.1) is 17.3 Å². The van der Waals surface area contributed by atoms with Crippen molar-refractivity contribution in [1.82, 2.24) is 9.88 Å². The van der Waals surface area contributed by atoms with Gasteiger partial charge in [0.15, 0.2) is 12.2 Å². The predicted octanol–water partition coefficient (Wildman–Crippen LogP) is 6.74. The number of ether oxygens (including phenoxy) is 1. The number of hydrogen-bond acceptors (Lipinski definition) is 4. The summed E-state index contributed by atoms with van der Waals surface area (Å²) in [5, 5.41) is 0. The molecule has 33 heavy (non-hydrogen) atoms. The summed E-state index contributed by atoms with van der Waals surface area (Å²) in [6.07, 6.45) is 8.40. The molecule has 2 aromatic carbocycles. The highest BCUT2D eigenvalue weighted by molar-refractivity contribution is 5.57. The van der Waals surface area contributed by atoms with Crippen molar-refractivity contribution in [1.29, 1.82) is 0 Å². The molecule has 0 aliphatic carbocycles. The van der Waals surface area contributed by atoms with E-state index in [4.69, 9.17) is 9.15 Å². The standard InChI is InChI=1S/C29H34N2O2/c1-5-16-31(17-8-6-7-15-29(2,3)4)21-24-11-10-14-27(19-24)32-22-25-12-9-13-26(18-25)28-20-30-23-33-28/h6,8-14,18-20,23H,5,16-17,21-22H2,1-4H3/b8-6+. The molecule has 0 unspecified atom stereocenters. The van der Waals surface area contributed by atoms with E-state index >= 15 is 0 Å². The lowest BCUT2D eigenvalue weighted by molar-refractivity contribution is 0.290. The van der Waals surface area contributed by atoms with Gasteiger partial charge in [-0.15, -0.1) is 0 Å². The largest absolute Gasteiger partial charge is 0.489 e. The smallest absolute Gasteiger partial charge is 0.181 e. The van der Waals surface area contributed by atoms with E-state index < -0.39 is 0 Å². The van der Waals surface area contributed by atoms with Gasteiger partial charge in [-0.1, -0.05) is 55.2 Å². The molecule has 172 valence electrons. The molecule has 0 atom stereocenters. The zero-order valence-electron chi connectivity index (χ0n) is 20.2. The minimum atomic E-state index is 0.0329. The zero-order chi connectivity index (χ0) is 23.5. The van der Waals surface area contributed by atoms with E-state index in [0.29, 0.717) is 6.61 Å². The first-order chi connectivity index (χ1) is 15.9. The predicted molar refractivity (Wildman–Crippen MR) is 135 cm³/mol. The third kappa shape index (κ3) is 8.63. The molecule has 1 aromatic heterocycles. The molecular weight excluding hydrogens is 408 g/mol. The van der Waals surface area contributed by atoms with Crippen LogP contribution in [0.5, 0.6) is 5.75 Å². The molecule has 0 saturated heterocycles. The number of aromatic nitrogens is 1. The van der Waals surface area contributed by atoms with Gasteiger partial charge in [0.2, 0.25) is 0 Å². The topological polar surface area (TPSA) is 38.5 Å². The van der Waals surface area contributed by atoms with Crippen LogP contribution in [0.1, 0.15) is 45.2 Å². The molecule has 0 saturated carbocycles. The fraction of sp³-hybridized carbons (Fsp3) is 0.345. The Bertz CT molecular complexity index is 1080. The van der Waals surface area contributed by atoms with Crippen LogP contribution < -0.4 is 4.74 Å². The monoisotopic (exact) mass is 442 g/mol. The first-order valence-corrected chi connectivity index (χ1v) is 11.5. The van der Waals surface area contributed by atoms with E-state index in [0.717, 1.165) is 48.7 Å². The van der Waals surface area contributed by atoms with Crippen molar-refractivity contribution in [2.24, 2.45) is 5.41 Å². The Morgan fingerprint density at radius 2 is 1.91 bits per heavy atom. The van der Waals surface area contributed by atoms with Gasteiger partial charge in [0.05, 0.1) is 6.20 Å². The van der Waals surface area contributed by atoms with Crippen molar-refractivity contribution < 1.29 is 9.15 Å². The van der Waals surface area contributed by atoms with Crippen molar-refractivity contribution in [2.45, 2.75) is 47.3 Å². The van der Waals surface area contributed by atoms with E-state index in [9.17, 15) is 0 Å². The van der Waals surface area contributed by atoms with Crippen LogP contribution in [0.25, 0.3) is 11.3 Å². The van der Waals surface area contributed by atoms with Gasteiger partial charge >= 0.3 is 0 Å². The van der Waals surface area contributed by atoms with Crippen LogP contribution in [0.15, 0.2) is 77.7 Å². The Morgan fingerprint density at radius 1 is 1.09 bits per heavy atom. The molecular formula is C29H34N2O2. The number of hydrogen-bond donors (Lipinski definition) is 0. The molecule has 3 rings (SSSR count). The van der Waals surface area contributed by atoms with E-state index in [1.807, 2.05) is 24.3 Å². The number of benzene rings is 2. The lowest BCUT2D eigenvalue weighted by Gasteiger charge is -2.20. The Balaban J connectivity index is 1.58. The summed E-state index contributed by atoms with van der Waals surface area (Å²) < 4.78 is 11.5. The molecule has 0 amide bonds. The van der Waals surface area contributed by atoms with Crippen molar-refractivity contribution in [3.05, 3.63) is 84.4 Å². The van der Waals surface area contributed by atoms with Crippen molar-refractivity contribution in [3.63, 3.8) is 0 Å². The van der Waals surface area contributed by atoms with Crippen LogP contribution >= 0.6 is 0 Å². The van der Waals surface area contributed by atoms with E-state index in [2.05, 4.69) is 85.8 Å². The van der Waals surface area contributed by atoms with Gasteiger partial charge in [-0.25, -0.2) is 4.98 Å². The van der Waals surface area contributed by atoms with Gasteiger partial charge in [0.25, 0.3) is 0 Å². The molecule has 4 nitrogen and oxygen atoms in total. The Hall–Kier alpha value is -3.29. The second-order valence-electron chi connectivity index (χ2n) is 9.16. The lowest BCUT2D eigenvalue weighted by Crippen LogP contribution is -2.24. The molecule has 0 spiro atoms. The van der Waals surface area contributed by atoms with Crippen molar-refractivity contribution >= 4 is 0 Å². The average Bonchev–Trinajstić information content (AvgIpc) is 3.32. The van der Waals surface area contributed by atoms with Crippen LogP contribution in [-0.4, -0.2) is 23.0 Å². The molecule has 0 aliphatic heterocycles. The molecule has 0 aliphatic rings. The minimum Gasteiger partial charge on any atom is -0.489 e. The van der Waals surface area contributed by atoms with Crippen LogP contribution in [0.2, 0.25) is 0 Å². The third-order valence-electron chi connectivity index (χ3n) is 4.91. The first-order valence-electron chi connectivity index (χ1n) is 11.5. The quantitative estimate of drug-likeness (QED) is 0.326. The fourth-order valence-corrected chi connectivity index (χ4v) is 3.40. The summed E-state index contributed by atoms with van der Waals surface area (Å²) in [7, 11) is 0. The lowest BCUT2D eigenvalue weighted by atomic mass is 9.98. The molecule has 3 aromatic rings. The summed E-state index contributed by atoms with van der Waals surface area (Å²) in [4.78, 5) is 6.42. The van der Waals surface area contributed by atoms with E-state index in [-0.39, 0.29) is 5.41 Å². The van der Waals surface area contributed by atoms with Gasteiger partial charge in [-0.3, -0.25) is 4.90 Å². The molecule has 0 N–H and O–H groups in total. The van der Waals surface area contributed by atoms with E-state index in [1.165, 1.54) is 12.0 Å². The van der Waals surface area contributed by atoms with Crippen molar-refractivity contribution in [3.8, 4) is 28.9 Å². The fourth-order valence-electron chi connectivity index (χ4n) is 3.40. The number of nitrogens with zero attached hydrogens (tertiary/aromatic N) is 2. The highest BCUT2D eigenvalue weighted by Crippen LogP contribution is 2.21. The highest BCUT2D eigenvalue weighted by Gasteiger charge is 2.07. The summed E-state index contributed by atoms with van der Waals surface area (Å²) in [5.41, 5.74) is 3.36. The highest BCUT2D eigenvalue weighted by atomic mass is 16.5. The van der Waals surface area contributed by atoms with Crippen LogP contribution in [-0.2, 0) is 13.2 Å². The maximum absolute atomic E-state index is 6.09. The molecule has 0 bridgehead atoms. The second kappa shape index (κ2) is 12.1. The number of oxazole rings is 1. The third-order valence-corrected chi connectivity index (χ3v) is 4.91. The van der Waals surface area contributed by atoms with Gasteiger partial charge in [0, 0.05) is 24.1 Å². The molecule has 0 radical (unpaired) electrons. The summed E-state index contributed by atoms with van der Waals surface area (Å²) in [6.45, 7) is 11.9. The maximum atomic E-state index is 6.09. The molecule has 1 heterocycles. The first kappa shape index (κ1) is 24.4. The summed E-state index contributed by atoms with van der Waals surface area (Å²) in [6, 6.07) is 16.5. The molecule has 4 heteroatoms. The minimum absolute atomic E-state index is 0.0329. The Kier molecular flexibility index (Phi) is 8.92. The molecule has 0 fully saturated rings. The van der Waals surface area contributed by atoms with Gasteiger partial charge in [-0.05, 0) is 69.1 Å². The second-order valence-corrected chi connectivity index (χ2v) is 9.16. The average molecular weight is 443 g/mol. The Labute approximate surface area is 198 Å². The zero-order valence-corrected chi connectivity index (χ0v) is 20.2. The number of rotatable bonds is 10. The normalized spacial score (nSPS) is 11.5. The van der Waals surface area contributed by atoms with Gasteiger partial charge < -0.3 is 9.15 Å². The van der Waals surface area contributed by atoms with E-state index in [1.54, 1.807) is 6.20 Å². The Morgan fingerprint density at radius 3 is 2.67 bits per heavy atom. The SMILES string of the molecule is CCCN(C/C=C/C#CC(C)(C)C)Cc1cccc(OCc2cccc(-c3cnco3)c2)c1. The van der Waals surface area contributed by atoms with Gasteiger partial charge in [0.1, 0.15) is 12.4 Å². The maximum Gasteiger partial charge on any atom is 0.181 e. The van der Waals surface area contributed by atoms with Crippen LogP contribution in [0.3, 0.4) is 0 Å². The number of allylic oxidation sites excluding steroid dienone is 1. The summed E-state index contributed by atoms with van der Waals surface area (Å²) in [5.74, 6) is 8.03.